The third kappa shape index (κ3) is 6.09. The normalized spacial score (nSPS) is 15.8. The monoisotopic (exact) mass is 514 g/mol. The molecular weight excluding hydrogens is 476 g/mol. The maximum absolute atomic E-state index is 13.5. The van der Waals surface area contributed by atoms with E-state index in [1.54, 1.807) is 13.1 Å². The van der Waals surface area contributed by atoms with Gasteiger partial charge in [0.2, 0.25) is 0 Å². The smallest absolute Gasteiger partial charge is 0.254 e. The van der Waals surface area contributed by atoms with Gasteiger partial charge < -0.3 is 15.5 Å². The van der Waals surface area contributed by atoms with Gasteiger partial charge in [-0.3, -0.25) is 14.3 Å². The van der Waals surface area contributed by atoms with E-state index in [4.69, 9.17) is 0 Å². The number of benzene rings is 2. The molecule has 0 saturated heterocycles. The van der Waals surface area contributed by atoms with E-state index in [1.807, 2.05) is 30.8 Å². The number of rotatable bonds is 10. The van der Waals surface area contributed by atoms with Crippen LogP contribution in [0.3, 0.4) is 0 Å². The molecule has 0 bridgehead atoms. The van der Waals surface area contributed by atoms with Crippen LogP contribution in [0.1, 0.15) is 49.7 Å². The molecule has 2 heterocycles. The van der Waals surface area contributed by atoms with Gasteiger partial charge in [0, 0.05) is 43.3 Å². The van der Waals surface area contributed by atoms with E-state index in [9.17, 15) is 9.59 Å². The average Bonchev–Trinajstić information content (AvgIpc) is 3.31. The van der Waals surface area contributed by atoms with Crippen molar-refractivity contribution >= 4 is 28.4 Å². The van der Waals surface area contributed by atoms with Gasteiger partial charge in [-0.15, -0.1) is 0 Å². The van der Waals surface area contributed by atoms with Gasteiger partial charge in [0.25, 0.3) is 11.8 Å². The van der Waals surface area contributed by atoms with Crippen LogP contribution in [0, 0.1) is 5.92 Å². The van der Waals surface area contributed by atoms with Crippen molar-refractivity contribution in [2.45, 2.75) is 40.3 Å². The Morgan fingerprint density at radius 3 is 2.53 bits per heavy atom. The van der Waals surface area contributed by atoms with Crippen molar-refractivity contribution in [2.24, 2.45) is 10.9 Å². The molecule has 1 aromatic heterocycles. The minimum absolute atomic E-state index is 0.142. The maximum atomic E-state index is 13.5. The standard InChI is InChI=1S/C30H38N6O2/c1-19(2)36-28-15-24(23-9-7-22(8-10-23)18-35(6)12-11-31-5)14-25(27(28)17-33-36)29(37)32-16-26-20(3)13-21(4)34-30(26)38/h7-10,13-15,17,19,26,31H,11-12,16,18H2,1-6H3,(H,32,37). The highest BCUT2D eigenvalue weighted by molar-refractivity contribution is 6.09. The van der Waals surface area contributed by atoms with Crippen LogP contribution in [-0.2, 0) is 11.3 Å². The lowest BCUT2D eigenvalue weighted by atomic mass is 9.95. The van der Waals surface area contributed by atoms with Gasteiger partial charge in [-0.05, 0) is 76.7 Å². The number of aromatic nitrogens is 2. The van der Waals surface area contributed by atoms with Crippen LogP contribution in [0.25, 0.3) is 22.0 Å². The van der Waals surface area contributed by atoms with Crippen LogP contribution >= 0.6 is 0 Å². The Balaban J connectivity index is 1.62. The number of carbonyl (C=O) groups excluding carboxylic acids is 2. The summed E-state index contributed by atoms with van der Waals surface area (Å²) in [5.41, 5.74) is 6.27. The van der Waals surface area contributed by atoms with E-state index >= 15 is 0 Å². The molecule has 1 atom stereocenters. The first-order chi connectivity index (χ1) is 18.2. The number of fused-ring (bicyclic) bond motifs is 1. The molecule has 38 heavy (non-hydrogen) atoms. The van der Waals surface area contributed by atoms with E-state index < -0.39 is 5.92 Å². The molecule has 200 valence electrons. The molecule has 0 fully saturated rings. The van der Waals surface area contributed by atoms with Crippen LogP contribution in [0.4, 0.5) is 0 Å². The molecule has 0 radical (unpaired) electrons. The molecule has 2 aromatic carbocycles. The maximum Gasteiger partial charge on any atom is 0.254 e. The topological polar surface area (TPSA) is 91.6 Å². The Morgan fingerprint density at radius 1 is 1.13 bits per heavy atom. The van der Waals surface area contributed by atoms with Gasteiger partial charge in [-0.25, -0.2) is 4.99 Å². The number of hydrogen-bond donors (Lipinski definition) is 2. The second-order valence-corrected chi connectivity index (χ2v) is 10.4. The van der Waals surface area contributed by atoms with Crippen molar-refractivity contribution in [3.05, 3.63) is 65.4 Å². The largest absolute Gasteiger partial charge is 0.351 e. The van der Waals surface area contributed by atoms with Crippen LogP contribution in [0.2, 0.25) is 0 Å². The van der Waals surface area contributed by atoms with E-state index in [0.717, 1.165) is 47.2 Å². The molecule has 0 spiro atoms. The zero-order valence-electron chi connectivity index (χ0n) is 23.2. The fourth-order valence-corrected chi connectivity index (χ4v) is 4.85. The van der Waals surface area contributed by atoms with Crippen LogP contribution in [0.15, 0.2) is 59.2 Å². The Labute approximate surface area is 224 Å². The molecule has 1 unspecified atom stereocenters. The third-order valence-electron chi connectivity index (χ3n) is 6.97. The van der Waals surface area contributed by atoms with Gasteiger partial charge >= 0.3 is 0 Å². The number of carbonyl (C=O) groups is 2. The highest BCUT2D eigenvalue weighted by Gasteiger charge is 2.25. The first-order valence-electron chi connectivity index (χ1n) is 13.2. The fourth-order valence-electron chi connectivity index (χ4n) is 4.85. The molecule has 3 aromatic rings. The minimum Gasteiger partial charge on any atom is -0.351 e. The van der Waals surface area contributed by atoms with Crippen molar-refractivity contribution in [3.8, 4) is 11.1 Å². The lowest BCUT2D eigenvalue weighted by Crippen LogP contribution is -2.34. The summed E-state index contributed by atoms with van der Waals surface area (Å²) >= 11 is 0. The highest BCUT2D eigenvalue weighted by Crippen LogP contribution is 2.30. The fraction of sp³-hybridized carbons (Fsp3) is 0.400. The summed E-state index contributed by atoms with van der Waals surface area (Å²) in [6.45, 7) is 10.8. The first-order valence-corrected chi connectivity index (χ1v) is 13.2. The third-order valence-corrected chi connectivity index (χ3v) is 6.97. The van der Waals surface area contributed by atoms with Gasteiger partial charge in [0.05, 0.1) is 23.2 Å². The quantitative estimate of drug-likeness (QED) is 0.423. The Morgan fingerprint density at radius 2 is 1.87 bits per heavy atom. The van der Waals surface area contributed by atoms with Gasteiger partial charge in [0.15, 0.2) is 0 Å². The number of nitrogens with zero attached hydrogens (tertiary/aromatic N) is 4. The molecule has 0 aliphatic carbocycles. The average molecular weight is 515 g/mol. The van der Waals surface area contributed by atoms with E-state index in [1.165, 1.54) is 5.56 Å². The van der Waals surface area contributed by atoms with Crippen molar-refractivity contribution in [2.75, 3.05) is 33.7 Å². The van der Waals surface area contributed by atoms with E-state index in [0.29, 0.717) is 11.3 Å². The van der Waals surface area contributed by atoms with Crippen molar-refractivity contribution in [1.29, 1.82) is 0 Å². The number of allylic oxidation sites excluding steroid dienone is 1. The summed E-state index contributed by atoms with van der Waals surface area (Å²) in [4.78, 5) is 32.3. The summed E-state index contributed by atoms with van der Waals surface area (Å²) in [6.07, 6.45) is 3.65. The summed E-state index contributed by atoms with van der Waals surface area (Å²) in [6, 6.07) is 12.7. The van der Waals surface area contributed by atoms with Crippen molar-refractivity contribution < 1.29 is 9.59 Å². The summed E-state index contributed by atoms with van der Waals surface area (Å²) in [5, 5.41) is 11.5. The molecule has 8 nitrogen and oxygen atoms in total. The van der Waals surface area contributed by atoms with Crippen LogP contribution in [0.5, 0.6) is 0 Å². The molecule has 2 N–H and O–H groups in total. The van der Waals surface area contributed by atoms with Gasteiger partial charge in [-0.1, -0.05) is 29.8 Å². The SMILES string of the molecule is CNCCN(C)Cc1ccc(-c2cc(C(=O)NCC3C(=O)N=C(C)C=C3C)c3cnn(C(C)C)c3c2)cc1. The summed E-state index contributed by atoms with van der Waals surface area (Å²) in [5.74, 6) is -0.890. The van der Waals surface area contributed by atoms with Gasteiger partial charge in [-0.2, -0.15) is 5.10 Å². The molecule has 2 amide bonds. The number of dihydropyridines is 1. The Bertz CT molecular complexity index is 1380. The van der Waals surface area contributed by atoms with Gasteiger partial charge in [0.1, 0.15) is 0 Å². The number of hydrogen-bond acceptors (Lipinski definition) is 5. The lowest BCUT2D eigenvalue weighted by Gasteiger charge is -2.19. The van der Waals surface area contributed by atoms with E-state index in [2.05, 4.69) is 76.9 Å². The molecular formula is C30H38N6O2. The zero-order valence-corrected chi connectivity index (χ0v) is 23.2. The highest BCUT2D eigenvalue weighted by atomic mass is 16.2. The minimum atomic E-state index is -0.446. The summed E-state index contributed by atoms with van der Waals surface area (Å²) in [7, 11) is 4.07. The number of aliphatic imine (C=N–C) groups is 1. The second kappa shape index (κ2) is 11.8. The molecule has 8 heteroatoms. The molecule has 4 rings (SSSR count). The number of amides is 2. The molecule has 1 aliphatic rings. The summed E-state index contributed by atoms with van der Waals surface area (Å²) < 4.78 is 1.94. The Kier molecular flexibility index (Phi) is 8.54. The van der Waals surface area contributed by atoms with Crippen molar-refractivity contribution in [1.82, 2.24) is 25.3 Å². The second-order valence-electron chi connectivity index (χ2n) is 10.4. The molecule has 0 saturated carbocycles. The van der Waals surface area contributed by atoms with E-state index in [-0.39, 0.29) is 24.4 Å². The zero-order chi connectivity index (χ0) is 27.4. The van der Waals surface area contributed by atoms with Crippen LogP contribution in [-0.4, -0.2) is 65.9 Å². The van der Waals surface area contributed by atoms with Crippen LogP contribution < -0.4 is 10.6 Å². The lowest BCUT2D eigenvalue weighted by molar-refractivity contribution is -0.120. The first kappa shape index (κ1) is 27.4. The Hall–Kier alpha value is -3.62. The predicted octanol–water partition coefficient (Wildman–Crippen LogP) is 4.23. The van der Waals surface area contributed by atoms with Crippen molar-refractivity contribution in [3.63, 3.8) is 0 Å². The number of likely N-dealkylation sites (N-methyl/N-ethyl adjacent to an activating group) is 2. The number of nitrogens with one attached hydrogen (secondary N) is 2. The molecule has 1 aliphatic heterocycles. The predicted molar refractivity (Wildman–Crippen MR) is 154 cm³/mol.